The van der Waals surface area contributed by atoms with Gasteiger partial charge in [0.15, 0.2) is 0 Å². The zero-order valence-electron chi connectivity index (χ0n) is 15.1. The van der Waals surface area contributed by atoms with E-state index in [-0.39, 0.29) is 24.0 Å². The van der Waals surface area contributed by atoms with E-state index >= 15 is 0 Å². The van der Waals surface area contributed by atoms with E-state index in [2.05, 4.69) is 25.9 Å². The number of amides is 2. The average Bonchev–Trinajstić information content (AvgIpc) is 2.69. The molecule has 0 aliphatic rings. The van der Waals surface area contributed by atoms with Crippen LogP contribution in [0.2, 0.25) is 0 Å². The van der Waals surface area contributed by atoms with Crippen molar-refractivity contribution in [2.24, 2.45) is 0 Å². The molecule has 2 aromatic carbocycles. The molecule has 2 amide bonds. The van der Waals surface area contributed by atoms with Gasteiger partial charge in [-0.2, -0.15) is 0 Å². The van der Waals surface area contributed by atoms with E-state index in [1.807, 2.05) is 0 Å². The minimum absolute atomic E-state index is 0.164. The van der Waals surface area contributed by atoms with Crippen molar-refractivity contribution in [3.05, 3.63) is 78.0 Å². The molecule has 3 rings (SSSR count). The van der Waals surface area contributed by atoms with Crippen LogP contribution in [0.4, 0.5) is 21.6 Å². The summed E-state index contributed by atoms with van der Waals surface area (Å²) in [6, 6.07) is 14.6. The first-order valence-electron chi connectivity index (χ1n) is 8.49. The van der Waals surface area contributed by atoms with Gasteiger partial charge in [-0.1, -0.05) is 18.2 Å². The van der Waals surface area contributed by atoms with Gasteiger partial charge in [0.05, 0.1) is 0 Å². The van der Waals surface area contributed by atoms with Gasteiger partial charge in [0.25, 0.3) is 5.91 Å². The third-order valence-electron chi connectivity index (χ3n) is 3.78. The number of nitrogens with one attached hydrogen (secondary N) is 3. The smallest absolute Gasteiger partial charge is 0.274 e. The number of aromatic nitrogens is 2. The van der Waals surface area contributed by atoms with Crippen molar-refractivity contribution in [3.8, 4) is 0 Å². The zero-order chi connectivity index (χ0) is 19.9. The first-order valence-corrected chi connectivity index (χ1v) is 8.49. The van der Waals surface area contributed by atoms with Crippen LogP contribution in [0.1, 0.15) is 23.0 Å². The Morgan fingerprint density at radius 2 is 1.64 bits per heavy atom. The van der Waals surface area contributed by atoms with Crippen LogP contribution in [0.25, 0.3) is 0 Å². The molecule has 0 atom stereocenters. The molecule has 0 fully saturated rings. The van der Waals surface area contributed by atoms with E-state index in [0.29, 0.717) is 22.8 Å². The molecule has 8 heteroatoms. The number of hydrogen-bond donors (Lipinski definition) is 3. The molecule has 0 saturated carbocycles. The molecule has 142 valence electrons. The molecular weight excluding hydrogens is 361 g/mol. The largest absolute Gasteiger partial charge is 0.366 e. The zero-order valence-corrected chi connectivity index (χ0v) is 15.1. The average molecular weight is 379 g/mol. The molecule has 3 aromatic rings. The fourth-order valence-corrected chi connectivity index (χ4v) is 2.44. The monoisotopic (exact) mass is 379 g/mol. The van der Waals surface area contributed by atoms with Crippen LogP contribution in [0.3, 0.4) is 0 Å². The molecule has 1 heterocycles. The fourth-order valence-electron chi connectivity index (χ4n) is 2.44. The Kier molecular flexibility index (Phi) is 5.91. The molecule has 0 unspecified atom stereocenters. The van der Waals surface area contributed by atoms with Crippen LogP contribution in [0.15, 0.2) is 60.9 Å². The molecule has 0 aliphatic heterocycles. The summed E-state index contributed by atoms with van der Waals surface area (Å²) in [6.07, 6.45) is 1.26. The van der Waals surface area contributed by atoms with E-state index in [1.54, 1.807) is 42.5 Å². The Hall–Kier alpha value is -3.81. The maximum Gasteiger partial charge on any atom is 0.274 e. The van der Waals surface area contributed by atoms with Crippen LogP contribution in [0.5, 0.6) is 0 Å². The Morgan fingerprint density at radius 3 is 2.32 bits per heavy atom. The highest BCUT2D eigenvalue weighted by Gasteiger charge is 2.10. The van der Waals surface area contributed by atoms with Crippen molar-refractivity contribution in [2.75, 3.05) is 16.0 Å². The standard InChI is InChI=1S/C20H18FN5O2/c1-13(27)25-15-6-8-16(9-7-15)26-20(28)18-10-19(24-12-23-18)22-11-14-4-2-3-5-17(14)21/h2-10,12H,11H2,1H3,(H,25,27)(H,26,28)(H,22,23,24). The summed E-state index contributed by atoms with van der Waals surface area (Å²) >= 11 is 0. The van der Waals surface area contributed by atoms with Crippen LogP contribution in [0, 0.1) is 5.82 Å². The number of nitrogens with zero attached hydrogens (tertiary/aromatic N) is 2. The number of hydrogen-bond acceptors (Lipinski definition) is 5. The van der Waals surface area contributed by atoms with Crippen molar-refractivity contribution in [1.29, 1.82) is 0 Å². The third-order valence-corrected chi connectivity index (χ3v) is 3.78. The minimum atomic E-state index is -0.413. The maximum absolute atomic E-state index is 13.7. The van der Waals surface area contributed by atoms with Crippen molar-refractivity contribution >= 4 is 29.0 Å². The Bertz CT molecular complexity index is 992. The molecule has 7 nitrogen and oxygen atoms in total. The first-order chi connectivity index (χ1) is 13.5. The molecule has 0 radical (unpaired) electrons. The number of benzene rings is 2. The maximum atomic E-state index is 13.7. The molecular formula is C20H18FN5O2. The first kappa shape index (κ1) is 19.0. The van der Waals surface area contributed by atoms with Crippen molar-refractivity contribution in [2.45, 2.75) is 13.5 Å². The van der Waals surface area contributed by atoms with Gasteiger partial charge in [-0.15, -0.1) is 0 Å². The molecule has 0 spiro atoms. The van der Waals surface area contributed by atoms with Gasteiger partial charge in [0, 0.05) is 36.5 Å². The van der Waals surface area contributed by atoms with Crippen molar-refractivity contribution in [1.82, 2.24) is 9.97 Å². The van der Waals surface area contributed by atoms with Gasteiger partial charge in [-0.25, -0.2) is 14.4 Å². The van der Waals surface area contributed by atoms with Crippen LogP contribution in [-0.2, 0) is 11.3 Å². The lowest BCUT2D eigenvalue weighted by Crippen LogP contribution is -2.15. The van der Waals surface area contributed by atoms with E-state index in [1.165, 1.54) is 25.4 Å². The van der Waals surface area contributed by atoms with Gasteiger partial charge in [0.1, 0.15) is 23.7 Å². The second-order valence-electron chi connectivity index (χ2n) is 5.95. The number of carbonyl (C=O) groups excluding carboxylic acids is 2. The van der Waals surface area contributed by atoms with Crippen LogP contribution >= 0.6 is 0 Å². The highest BCUT2D eigenvalue weighted by atomic mass is 19.1. The van der Waals surface area contributed by atoms with Crippen molar-refractivity contribution in [3.63, 3.8) is 0 Å². The highest BCUT2D eigenvalue weighted by Crippen LogP contribution is 2.15. The Balaban J connectivity index is 1.63. The molecule has 1 aromatic heterocycles. The summed E-state index contributed by atoms with van der Waals surface area (Å²) < 4.78 is 13.7. The Morgan fingerprint density at radius 1 is 0.964 bits per heavy atom. The number of halogens is 1. The van der Waals surface area contributed by atoms with Crippen molar-refractivity contribution < 1.29 is 14.0 Å². The normalized spacial score (nSPS) is 10.2. The number of rotatable bonds is 6. The van der Waals surface area contributed by atoms with Gasteiger partial charge < -0.3 is 16.0 Å². The predicted octanol–water partition coefficient (Wildman–Crippen LogP) is 3.44. The lowest BCUT2D eigenvalue weighted by atomic mass is 10.2. The predicted molar refractivity (Wildman–Crippen MR) is 104 cm³/mol. The third kappa shape index (κ3) is 5.10. The summed E-state index contributed by atoms with van der Waals surface area (Å²) in [5.41, 5.74) is 1.84. The summed E-state index contributed by atoms with van der Waals surface area (Å²) in [6.45, 7) is 1.65. The SMILES string of the molecule is CC(=O)Nc1ccc(NC(=O)c2cc(NCc3ccccc3F)ncn2)cc1. The highest BCUT2D eigenvalue weighted by molar-refractivity contribution is 6.03. The Labute approximate surface area is 161 Å². The van der Waals surface area contributed by atoms with Gasteiger partial charge >= 0.3 is 0 Å². The summed E-state index contributed by atoms with van der Waals surface area (Å²) in [4.78, 5) is 31.5. The van der Waals surface area contributed by atoms with Gasteiger partial charge in [-0.05, 0) is 30.3 Å². The quantitative estimate of drug-likeness (QED) is 0.610. The topological polar surface area (TPSA) is 96.0 Å². The second-order valence-corrected chi connectivity index (χ2v) is 5.95. The molecule has 3 N–H and O–H groups in total. The molecule has 0 bridgehead atoms. The van der Waals surface area contributed by atoms with Crippen LogP contribution in [-0.4, -0.2) is 21.8 Å². The number of carbonyl (C=O) groups is 2. The van der Waals surface area contributed by atoms with Gasteiger partial charge in [0.2, 0.25) is 5.91 Å². The fraction of sp³-hybridized carbons (Fsp3) is 0.100. The van der Waals surface area contributed by atoms with E-state index in [4.69, 9.17) is 0 Å². The lowest BCUT2D eigenvalue weighted by Gasteiger charge is -2.09. The molecule has 0 saturated heterocycles. The minimum Gasteiger partial charge on any atom is -0.366 e. The molecule has 0 aliphatic carbocycles. The number of anilines is 3. The molecule has 28 heavy (non-hydrogen) atoms. The van der Waals surface area contributed by atoms with Gasteiger partial charge in [-0.3, -0.25) is 9.59 Å². The van der Waals surface area contributed by atoms with E-state index in [9.17, 15) is 14.0 Å². The summed E-state index contributed by atoms with van der Waals surface area (Å²) in [5, 5.41) is 8.34. The summed E-state index contributed by atoms with van der Waals surface area (Å²) in [7, 11) is 0. The van der Waals surface area contributed by atoms with E-state index in [0.717, 1.165) is 0 Å². The van der Waals surface area contributed by atoms with E-state index < -0.39 is 5.91 Å². The summed E-state index contributed by atoms with van der Waals surface area (Å²) in [5.74, 6) is -0.494. The second kappa shape index (κ2) is 8.72. The van der Waals surface area contributed by atoms with Crippen LogP contribution < -0.4 is 16.0 Å². The lowest BCUT2D eigenvalue weighted by molar-refractivity contribution is -0.114.